The summed E-state index contributed by atoms with van der Waals surface area (Å²) in [5.41, 5.74) is 0.581. The summed E-state index contributed by atoms with van der Waals surface area (Å²) in [7, 11) is 1.62. The number of rotatable bonds is 3. The van der Waals surface area contributed by atoms with E-state index in [1.807, 2.05) is 29.2 Å². The molecule has 0 aromatic heterocycles. The minimum Gasteiger partial charge on any atom is -0.497 e. The number of piperidine rings is 1. The summed E-state index contributed by atoms with van der Waals surface area (Å²) in [6.45, 7) is 0.457. The van der Waals surface area contributed by atoms with Crippen molar-refractivity contribution < 1.29 is 19.0 Å². The quantitative estimate of drug-likeness (QED) is 0.858. The van der Waals surface area contributed by atoms with Gasteiger partial charge in [0, 0.05) is 18.0 Å². The van der Waals surface area contributed by atoms with Gasteiger partial charge in [-0.25, -0.2) is 4.39 Å². The number of benzene rings is 2. The highest BCUT2D eigenvalue weighted by molar-refractivity contribution is 5.94. The van der Waals surface area contributed by atoms with Crippen LogP contribution in [0.3, 0.4) is 0 Å². The molecule has 148 valence electrons. The number of nitrogens with zero attached hydrogens (tertiary/aromatic N) is 1. The van der Waals surface area contributed by atoms with Crippen LogP contribution in [-0.2, 0) is 0 Å². The van der Waals surface area contributed by atoms with Crippen molar-refractivity contribution in [3.63, 3.8) is 0 Å². The summed E-state index contributed by atoms with van der Waals surface area (Å²) in [4.78, 5) is 15.1. The van der Waals surface area contributed by atoms with E-state index in [2.05, 4.69) is 0 Å². The first kappa shape index (κ1) is 18.9. The zero-order valence-electron chi connectivity index (χ0n) is 16.1. The molecule has 2 aromatic rings. The number of aliphatic hydroxyl groups is 1. The molecule has 1 aliphatic carbocycles. The van der Waals surface area contributed by atoms with Crippen LogP contribution < -0.4 is 4.74 Å². The Bertz CT molecular complexity index is 853. The monoisotopic (exact) mass is 383 g/mol. The third kappa shape index (κ3) is 3.39. The fourth-order valence-electron chi connectivity index (χ4n) is 4.91. The normalized spacial score (nSPS) is 27.2. The average Bonchev–Trinajstić information content (AvgIpc) is 2.72. The lowest BCUT2D eigenvalue weighted by Crippen LogP contribution is -2.56. The van der Waals surface area contributed by atoms with Crippen molar-refractivity contribution in [1.82, 2.24) is 4.90 Å². The topological polar surface area (TPSA) is 49.8 Å². The minimum atomic E-state index is -0.748. The molecule has 4 nitrogen and oxygen atoms in total. The standard InChI is InChI=1S/C23H26FNO3/c1-28-19-10-8-16(9-11-19)21-20-7-2-3-12-23(20,27)13-14-25(21)22(26)17-5-4-6-18(24)15-17/h4-6,8-11,15,20-21,27H,2-3,7,12-14H2,1H3/t20-,21+,23+/m0/s1. The zero-order chi connectivity index (χ0) is 19.7. The molecule has 0 spiro atoms. The number of ether oxygens (including phenoxy) is 1. The summed E-state index contributed by atoms with van der Waals surface area (Å²) in [6.07, 6.45) is 4.26. The molecule has 5 heteroatoms. The van der Waals surface area contributed by atoms with Crippen molar-refractivity contribution in [3.8, 4) is 5.75 Å². The van der Waals surface area contributed by atoms with Crippen molar-refractivity contribution in [2.75, 3.05) is 13.7 Å². The van der Waals surface area contributed by atoms with Crippen LogP contribution in [0.5, 0.6) is 5.75 Å². The van der Waals surface area contributed by atoms with E-state index in [-0.39, 0.29) is 17.9 Å². The molecule has 1 heterocycles. The highest BCUT2D eigenvalue weighted by Crippen LogP contribution is 2.49. The van der Waals surface area contributed by atoms with E-state index in [4.69, 9.17) is 4.74 Å². The van der Waals surface area contributed by atoms with E-state index >= 15 is 0 Å². The summed E-state index contributed by atoms with van der Waals surface area (Å²) in [5, 5.41) is 11.3. The largest absolute Gasteiger partial charge is 0.497 e. The number of likely N-dealkylation sites (tertiary alicyclic amines) is 1. The number of hydrogen-bond acceptors (Lipinski definition) is 3. The third-order valence-electron chi connectivity index (χ3n) is 6.36. The van der Waals surface area contributed by atoms with Gasteiger partial charge in [-0.1, -0.05) is 31.0 Å². The van der Waals surface area contributed by atoms with E-state index in [1.54, 1.807) is 19.2 Å². The van der Waals surface area contributed by atoms with Crippen LogP contribution in [0.1, 0.15) is 54.1 Å². The SMILES string of the molecule is COc1ccc([C@@H]2[C@@H]3CCCC[C@@]3(O)CCN2C(=O)c2cccc(F)c2)cc1. The van der Waals surface area contributed by atoms with Crippen LogP contribution >= 0.6 is 0 Å². The van der Waals surface area contributed by atoms with Gasteiger partial charge >= 0.3 is 0 Å². The number of hydrogen-bond donors (Lipinski definition) is 1. The molecular weight excluding hydrogens is 357 g/mol. The fraction of sp³-hybridized carbons (Fsp3) is 0.435. The van der Waals surface area contributed by atoms with E-state index < -0.39 is 11.4 Å². The summed E-state index contributed by atoms with van der Waals surface area (Å²) >= 11 is 0. The molecule has 0 radical (unpaired) electrons. The van der Waals surface area contributed by atoms with Gasteiger partial charge in [-0.3, -0.25) is 4.79 Å². The number of carbonyl (C=O) groups is 1. The molecule has 1 amide bonds. The number of amides is 1. The molecule has 0 unspecified atom stereocenters. The Morgan fingerprint density at radius 3 is 2.68 bits per heavy atom. The van der Waals surface area contributed by atoms with Gasteiger partial charge in [0.25, 0.3) is 5.91 Å². The number of methoxy groups -OCH3 is 1. The van der Waals surface area contributed by atoms with Crippen LogP contribution in [0.4, 0.5) is 4.39 Å². The first-order valence-corrected chi connectivity index (χ1v) is 9.95. The fourth-order valence-corrected chi connectivity index (χ4v) is 4.91. The molecule has 4 rings (SSSR count). The highest BCUT2D eigenvalue weighted by atomic mass is 19.1. The van der Waals surface area contributed by atoms with Crippen molar-refractivity contribution >= 4 is 5.91 Å². The average molecular weight is 383 g/mol. The van der Waals surface area contributed by atoms with Crippen LogP contribution in [0.25, 0.3) is 0 Å². The Morgan fingerprint density at radius 2 is 1.96 bits per heavy atom. The molecule has 2 fully saturated rings. The molecule has 1 saturated heterocycles. The molecule has 28 heavy (non-hydrogen) atoms. The molecule has 1 N–H and O–H groups in total. The first-order valence-electron chi connectivity index (χ1n) is 9.95. The second-order valence-corrected chi connectivity index (χ2v) is 7.93. The van der Waals surface area contributed by atoms with Crippen LogP contribution in [0, 0.1) is 11.7 Å². The Morgan fingerprint density at radius 1 is 1.18 bits per heavy atom. The Kier molecular flexibility index (Phi) is 5.11. The highest BCUT2D eigenvalue weighted by Gasteiger charge is 2.50. The summed E-state index contributed by atoms with van der Waals surface area (Å²) < 4.78 is 19.0. The minimum absolute atomic E-state index is 0.0269. The molecule has 1 aliphatic heterocycles. The van der Waals surface area contributed by atoms with Crippen molar-refractivity contribution in [3.05, 3.63) is 65.5 Å². The molecule has 3 atom stereocenters. The molecular formula is C23H26FNO3. The van der Waals surface area contributed by atoms with E-state index in [1.165, 1.54) is 12.1 Å². The van der Waals surface area contributed by atoms with Crippen LogP contribution in [0.15, 0.2) is 48.5 Å². The Balaban J connectivity index is 1.74. The van der Waals surface area contributed by atoms with E-state index in [0.29, 0.717) is 18.5 Å². The third-order valence-corrected chi connectivity index (χ3v) is 6.36. The van der Waals surface area contributed by atoms with Crippen molar-refractivity contribution in [2.24, 2.45) is 5.92 Å². The lowest BCUT2D eigenvalue weighted by Gasteiger charge is -2.52. The van der Waals surface area contributed by atoms with Gasteiger partial charge in [0.05, 0.1) is 18.8 Å². The first-order chi connectivity index (χ1) is 13.5. The van der Waals surface area contributed by atoms with Gasteiger partial charge in [-0.05, 0) is 55.2 Å². The maximum atomic E-state index is 13.7. The number of carbonyl (C=O) groups excluding carboxylic acids is 1. The van der Waals surface area contributed by atoms with Crippen molar-refractivity contribution in [2.45, 2.75) is 43.7 Å². The van der Waals surface area contributed by atoms with Crippen LogP contribution in [-0.4, -0.2) is 35.2 Å². The van der Waals surface area contributed by atoms with Gasteiger partial charge in [-0.2, -0.15) is 0 Å². The van der Waals surface area contributed by atoms with Gasteiger partial charge in [0.2, 0.25) is 0 Å². The predicted octanol–water partition coefficient (Wildman–Crippen LogP) is 4.34. The Hall–Kier alpha value is -2.40. The summed E-state index contributed by atoms with van der Waals surface area (Å²) in [5.74, 6) is 0.119. The van der Waals surface area contributed by atoms with Gasteiger partial charge in [0.1, 0.15) is 11.6 Å². The van der Waals surface area contributed by atoms with Crippen LogP contribution in [0.2, 0.25) is 0 Å². The van der Waals surface area contributed by atoms with E-state index in [0.717, 1.165) is 37.0 Å². The maximum Gasteiger partial charge on any atom is 0.254 e. The van der Waals surface area contributed by atoms with Gasteiger partial charge in [0.15, 0.2) is 0 Å². The van der Waals surface area contributed by atoms with E-state index in [9.17, 15) is 14.3 Å². The predicted molar refractivity (Wildman–Crippen MR) is 105 cm³/mol. The van der Waals surface area contributed by atoms with Gasteiger partial charge in [-0.15, -0.1) is 0 Å². The second kappa shape index (κ2) is 7.55. The lowest BCUT2D eigenvalue weighted by molar-refractivity contribution is -0.115. The second-order valence-electron chi connectivity index (χ2n) is 7.93. The molecule has 2 aliphatic rings. The Labute approximate surface area is 164 Å². The lowest BCUT2D eigenvalue weighted by atomic mass is 9.66. The summed E-state index contributed by atoms with van der Waals surface area (Å²) in [6, 6.07) is 13.3. The van der Waals surface area contributed by atoms with Gasteiger partial charge < -0.3 is 14.7 Å². The number of halogens is 1. The number of fused-ring (bicyclic) bond motifs is 1. The van der Waals surface area contributed by atoms with Crippen molar-refractivity contribution in [1.29, 1.82) is 0 Å². The zero-order valence-corrected chi connectivity index (χ0v) is 16.1. The molecule has 0 bridgehead atoms. The smallest absolute Gasteiger partial charge is 0.254 e. The molecule has 2 aromatic carbocycles. The molecule has 1 saturated carbocycles. The maximum absolute atomic E-state index is 13.7.